The molecule has 1 unspecified atom stereocenters. The van der Waals surface area contributed by atoms with Crippen LogP contribution in [0.3, 0.4) is 0 Å². The first kappa shape index (κ1) is 18.7. The lowest BCUT2D eigenvalue weighted by atomic mass is 9.89. The van der Waals surface area contributed by atoms with Gasteiger partial charge >= 0.3 is 5.97 Å². The molecular weight excluding hydrogens is 290 g/mol. The van der Waals surface area contributed by atoms with Crippen molar-refractivity contribution in [1.29, 1.82) is 0 Å². The highest BCUT2D eigenvalue weighted by atomic mass is 35.5. The maximum absolute atomic E-state index is 11.7. The van der Waals surface area contributed by atoms with Crippen LogP contribution >= 0.6 is 12.4 Å². The molecule has 0 saturated carbocycles. The zero-order chi connectivity index (χ0) is 14.6. The van der Waals surface area contributed by atoms with Gasteiger partial charge in [0.1, 0.15) is 0 Å². The third-order valence-corrected chi connectivity index (χ3v) is 4.71. The highest BCUT2D eigenvalue weighted by Crippen LogP contribution is 2.24. The molecule has 0 spiro atoms. The topological polar surface area (TPSA) is 44.8 Å². The van der Waals surface area contributed by atoms with Crippen LogP contribution in [0.25, 0.3) is 0 Å². The van der Waals surface area contributed by atoms with Crippen LogP contribution in [0.15, 0.2) is 0 Å². The zero-order valence-corrected chi connectivity index (χ0v) is 14.4. The van der Waals surface area contributed by atoms with Crippen LogP contribution in [-0.4, -0.2) is 74.7 Å². The summed E-state index contributed by atoms with van der Waals surface area (Å²) in [7, 11) is 1.47. The summed E-state index contributed by atoms with van der Waals surface area (Å²) in [6.45, 7) is 11.8. The van der Waals surface area contributed by atoms with Crippen LogP contribution in [0.2, 0.25) is 0 Å². The predicted octanol–water partition coefficient (Wildman–Crippen LogP) is 0.977. The highest BCUT2D eigenvalue weighted by Gasteiger charge is 2.32. The molecule has 2 rings (SSSR count). The lowest BCUT2D eigenvalue weighted by molar-refractivity contribution is -0.151. The van der Waals surface area contributed by atoms with Crippen molar-refractivity contribution in [3.63, 3.8) is 0 Å². The van der Waals surface area contributed by atoms with E-state index in [2.05, 4.69) is 15.1 Å². The van der Waals surface area contributed by atoms with Gasteiger partial charge in [0.25, 0.3) is 0 Å². The van der Waals surface area contributed by atoms with E-state index in [1.165, 1.54) is 26.6 Å². The van der Waals surface area contributed by atoms with Gasteiger partial charge in [-0.1, -0.05) is 0 Å². The Labute approximate surface area is 134 Å². The number of esters is 1. The predicted molar refractivity (Wildman–Crippen MR) is 86.9 cm³/mol. The fraction of sp³-hybridized carbons (Fsp3) is 0.933. The molecule has 5 nitrogen and oxygen atoms in total. The maximum atomic E-state index is 11.7. The minimum atomic E-state index is -0.373. The average molecular weight is 320 g/mol. The van der Waals surface area contributed by atoms with Crippen molar-refractivity contribution in [3.05, 3.63) is 0 Å². The quantitative estimate of drug-likeness (QED) is 0.765. The molecule has 0 aliphatic carbocycles. The van der Waals surface area contributed by atoms with Crippen molar-refractivity contribution in [3.8, 4) is 0 Å². The second-order valence-electron chi connectivity index (χ2n) is 6.65. The van der Waals surface area contributed by atoms with Crippen LogP contribution in [0, 0.1) is 5.41 Å². The summed E-state index contributed by atoms with van der Waals surface area (Å²) >= 11 is 0. The molecule has 0 amide bonds. The minimum Gasteiger partial charge on any atom is -0.469 e. The van der Waals surface area contributed by atoms with Crippen LogP contribution in [0.4, 0.5) is 0 Å². The maximum Gasteiger partial charge on any atom is 0.311 e. The van der Waals surface area contributed by atoms with E-state index >= 15 is 0 Å². The van der Waals surface area contributed by atoms with Gasteiger partial charge in [-0.15, -0.1) is 12.4 Å². The molecule has 1 N–H and O–H groups in total. The Kier molecular flexibility index (Phi) is 7.40. The summed E-state index contributed by atoms with van der Waals surface area (Å²) in [6.07, 6.45) is 2.13. The molecule has 0 aromatic rings. The normalized spacial score (nSPS) is 24.6. The van der Waals surface area contributed by atoms with E-state index in [4.69, 9.17) is 4.74 Å². The van der Waals surface area contributed by atoms with Gasteiger partial charge < -0.3 is 15.0 Å². The Hall–Kier alpha value is -0.360. The molecule has 0 aromatic heterocycles. The molecule has 2 aliphatic rings. The molecule has 2 saturated heterocycles. The van der Waals surface area contributed by atoms with Crippen molar-refractivity contribution >= 4 is 18.4 Å². The summed E-state index contributed by atoms with van der Waals surface area (Å²) in [5, 5.41) is 3.41. The van der Waals surface area contributed by atoms with Crippen molar-refractivity contribution < 1.29 is 9.53 Å². The summed E-state index contributed by atoms with van der Waals surface area (Å²) < 4.78 is 4.87. The first-order valence-corrected chi connectivity index (χ1v) is 7.78. The van der Waals surface area contributed by atoms with Crippen molar-refractivity contribution in [2.24, 2.45) is 5.41 Å². The highest BCUT2D eigenvalue weighted by molar-refractivity contribution is 5.85. The molecular formula is C15H30ClN3O2. The number of ether oxygens (including phenoxy) is 1. The van der Waals surface area contributed by atoms with E-state index < -0.39 is 0 Å². The van der Waals surface area contributed by atoms with E-state index in [1.54, 1.807) is 0 Å². The van der Waals surface area contributed by atoms with Gasteiger partial charge in [-0.2, -0.15) is 0 Å². The molecule has 6 heteroatoms. The second kappa shape index (κ2) is 8.32. The summed E-state index contributed by atoms with van der Waals surface area (Å²) in [6, 6.07) is 0.707. The van der Waals surface area contributed by atoms with Gasteiger partial charge in [0.05, 0.1) is 12.5 Å². The van der Waals surface area contributed by atoms with Gasteiger partial charge in [0.15, 0.2) is 0 Å². The number of nitrogens with one attached hydrogen (secondary N) is 1. The van der Waals surface area contributed by atoms with E-state index in [0.717, 1.165) is 39.1 Å². The van der Waals surface area contributed by atoms with Crippen LogP contribution in [0.5, 0.6) is 0 Å². The smallest absolute Gasteiger partial charge is 0.311 e. The summed E-state index contributed by atoms with van der Waals surface area (Å²) in [5.74, 6) is -0.102. The zero-order valence-electron chi connectivity index (χ0n) is 13.6. The molecule has 0 bridgehead atoms. The number of rotatable bonds is 5. The van der Waals surface area contributed by atoms with Crippen LogP contribution in [0.1, 0.15) is 26.7 Å². The number of halogens is 1. The first-order chi connectivity index (χ1) is 9.53. The number of carbonyl (C=O) groups is 1. The number of carbonyl (C=O) groups excluding carboxylic acids is 1. The third kappa shape index (κ3) is 5.09. The largest absolute Gasteiger partial charge is 0.469 e. The van der Waals surface area contributed by atoms with E-state index in [0.29, 0.717) is 6.04 Å². The number of hydrogen-bond donors (Lipinski definition) is 1. The Bertz CT molecular complexity index is 333. The molecule has 2 fully saturated rings. The van der Waals surface area contributed by atoms with Gasteiger partial charge in [-0.3, -0.25) is 9.69 Å². The second-order valence-corrected chi connectivity index (χ2v) is 6.65. The van der Waals surface area contributed by atoms with Crippen molar-refractivity contribution in [1.82, 2.24) is 15.1 Å². The molecule has 21 heavy (non-hydrogen) atoms. The summed E-state index contributed by atoms with van der Waals surface area (Å²) in [5.41, 5.74) is -0.373. The first-order valence-electron chi connectivity index (χ1n) is 7.78. The summed E-state index contributed by atoms with van der Waals surface area (Å²) in [4.78, 5) is 16.8. The number of methoxy groups -OCH3 is 1. The van der Waals surface area contributed by atoms with Crippen molar-refractivity contribution in [2.45, 2.75) is 32.7 Å². The third-order valence-electron chi connectivity index (χ3n) is 4.71. The molecule has 2 heterocycles. The van der Waals surface area contributed by atoms with E-state index in [9.17, 15) is 4.79 Å². The fourth-order valence-electron chi connectivity index (χ4n) is 3.18. The average Bonchev–Trinajstić information content (AvgIpc) is 2.94. The number of piperazine rings is 1. The standard InChI is InChI=1S/C15H29N3O2.ClH/c1-15(2,14(19)20-3)5-9-17-8-4-13(12-17)18-10-6-16-7-11-18;/h13,16H,4-12H2,1-3H3;1H. The SMILES string of the molecule is COC(=O)C(C)(C)CCN1CCC(N2CCNCC2)C1.Cl. The molecule has 1 atom stereocenters. The Morgan fingerprint density at radius 3 is 2.57 bits per heavy atom. The Morgan fingerprint density at radius 2 is 1.95 bits per heavy atom. The molecule has 0 radical (unpaired) electrons. The minimum absolute atomic E-state index is 0. The van der Waals surface area contributed by atoms with Gasteiger partial charge in [0.2, 0.25) is 0 Å². The lowest BCUT2D eigenvalue weighted by Gasteiger charge is -2.33. The molecule has 124 valence electrons. The number of hydrogen-bond acceptors (Lipinski definition) is 5. The Balaban J connectivity index is 0.00000220. The van der Waals surface area contributed by atoms with E-state index in [-0.39, 0.29) is 23.8 Å². The molecule has 0 aromatic carbocycles. The van der Waals surface area contributed by atoms with Crippen LogP contribution in [-0.2, 0) is 9.53 Å². The molecule has 2 aliphatic heterocycles. The lowest BCUT2D eigenvalue weighted by Crippen LogP contribution is -2.49. The fourth-order valence-corrected chi connectivity index (χ4v) is 3.18. The van der Waals surface area contributed by atoms with Gasteiger partial charge in [-0.25, -0.2) is 0 Å². The van der Waals surface area contributed by atoms with Crippen LogP contribution < -0.4 is 5.32 Å². The van der Waals surface area contributed by atoms with Crippen molar-refractivity contribution in [2.75, 3.05) is 52.9 Å². The Morgan fingerprint density at radius 1 is 1.29 bits per heavy atom. The number of likely N-dealkylation sites (tertiary alicyclic amines) is 1. The van der Waals surface area contributed by atoms with Gasteiger partial charge in [-0.05, 0) is 39.8 Å². The van der Waals surface area contributed by atoms with Gasteiger partial charge in [0, 0.05) is 38.8 Å². The monoisotopic (exact) mass is 319 g/mol. The van der Waals surface area contributed by atoms with E-state index in [1.807, 2.05) is 13.8 Å². The number of nitrogens with zero attached hydrogens (tertiary/aromatic N) is 2.